The molecule has 2 aromatic rings. The van der Waals surface area contributed by atoms with Crippen LogP contribution in [0, 0.1) is 0 Å². The van der Waals surface area contributed by atoms with Gasteiger partial charge < -0.3 is 15.3 Å². The zero-order valence-corrected chi connectivity index (χ0v) is 12.6. The Morgan fingerprint density at radius 2 is 1.10 bits per heavy atom. The quantitative estimate of drug-likeness (QED) is 0.806. The van der Waals surface area contributed by atoms with Gasteiger partial charge in [0.1, 0.15) is 0 Å². The zero-order chi connectivity index (χ0) is 15.6. The summed E-state index contributed by atoms with van der Waals surface area (Å²) in [5, 5.41) is 29.3. The van der Waals surface area contributed by atoms with Crippen LogP contribution in [-0.4, -0.2) is 15.3 Å². The van der Waals surface area contributed by atoms with Crippen molar-refractivity contribution in [2.24, 2.45) is 0 Å². The first-order valence-electron chi connectivity index (χ1n) is 7.18. The molecular weight excluding hydrogens is 264 g/mol. The van der Waals surface area contributed by atoms with Gasteiger partial charge in [-0.3, -0.25) is 0 Å². The number of rotatable bonds is 4. The summed E-state index contributed by atoms with van der Waals surface area (Å²) >= 11 is 0. The number of hydrogen-bond acceptors (Lipinski definition) is 3. The third-order valence-corrected chi connectivity index (χ3v) is 3.64. The van der Waals surface area contributed by atoms with Gasteiger partial charge in [0.25, 0.3) is 0 Å². The van der Waals surface area contributed by atoms with Crippen molar-refractivity contribution in [2.45, 2.75) is 39.1 Å². The maximum absolute atomic E-state index is 9.82. The average molecular weight is 286 g/mol. The molecule has 0 heterocycles. The predicted octanol–water partition coefficient (Wildman–Crippen LogP) is 3.51. The minimum Gasteiger partial charge on any atom is -0.389 e. The second kappa shape index (κ2) is 6.39. The Morgan fingerprint density at radius 1 is 0.619 bits per heavy atom. The van der Waals surface area contributed by atoms with Gasteiger partial charge in [0, 0.05) is 0 Å². The SMILES string of the molecule is CC(O)c1cccc(-c2cc(C(C)O)cc(C(C)O)c2)c1. The largest absolute Gasteiger partial charge is 0.389 e. The lowest BCUT2D eigenvalue weighted by Gasteiger charge is -2.14. The molecule has 0 fully saturated rings. The predicted molar refractivity (Wildman–Crippen MR) is 83.8 cm³/mol. The molecule has 0 amide bonds. The highest BCUT2D eigenvalue weighted by atomic mass is 16.3. The first kappa shape index (κ1) is 15.7. The lowest BCUT2D eigenvalue weighted by Crippen LogP contribution is -1.98. The summed E-state index contributed by atoms with van der Waals surface area (Å²) in [6.07, 6.45) is -1.72. The van der Waals surface area contributed by atoms with E-state index in [1.54, 1.807) is 20.8 Å². The fourth-order valence-electron chi connectivity index (χ4n) is 2.30. The van der Waals surface area contributed by atoms with Crippen LogP contribution in [0.3, 0.4) is 0 Å². The van der Waals surface area contributed by atoms with Gasteiger partial charge in [-0.15, -0.1) is 0 Å². The van der Waals surface area contributed by atoms with Gasteiger partial charge in [0.2, 0.25) is 0 Å². The number of benzene rings is 2. The second-order valence-corrected chi connectivity index (χ2v) is 5.54. The van der Waals surface area contributed by atoms with Crippen LogP contribution in [0.4, 0.5) is 0 Å². The third-order valence-electron chi connectivity index (χ3n) is 3.64. The molecule has 0 aromatic heterocycles. The molecule has 0 saturated carbocycles. The lowest BCUT2D eigenvalue weighted by atomic mass is 9.94. The molecule has 3 N–H and O–H groups in total. The fraction of sp³-hybridized carbons (Fsp3) is 0.333. The van der Waals surface area contributed by atoms with E-state index < -0.39 is 18.3 Å². The Morgan fingerprint density at radius 3 is 1.57 bits per heavy atom. The van der Waals surface area contributed by atoms with E-state index in [1.165, 1.54) is 0 Å². The van der Waals surface area contributed by atoms with Crippen LogP contribution in [-0.2, 0) is 0 Å². The van der Waals surface area contributed by atoms with Crippen LogP contribution in [0.1, 0.15) is 55.8 Å². The summed E-state index contributed by atoms with van der Waals surface area (Å²) in [7, 11) is 0. The van der Waals surface area contributed by atoms with Gasteiger partial charge in [0.15, 0.2) is 0 Å². The molecule has 0 saturated heterocycles. The van der Waals surface area contributed by atoms with Crippen LogP contribution in [0.5, 0.6) is 0 Å². The van der Waals surface area contributed by atoms with Crippen molar-refractivity contribution in [3.63, 3.8) is 0 Å². The first-order chi connectivity index (χ1) is 9.88. The van der Waals surface area contributed by atoms with Crippen molar-refractivity contribution in [1.29, 1.82) is 0 Å². The highest BCUT2D eigenvalue weighted by Gasteiger charge is 2.11. The van der Waals surface area contributed by atoms with Crippen LogP contribution in [0.2, 0.25) is 0 Å². The summed E-state index contributed by atoms with van der Waals surface area (Å²) < 4.78 is 0. The van der Waals surface area contributed by atoms with Gasteiger partial charge in [-0.2, -0.15) is 0 Å². The summed E-state index contributed by atoms with van der Waals surface area (Å²) in [6.45, 7) is 5.14. The molecule has 2 aromatic carbocycles. The van der Waals surface area contributed by atoms with Gasteiger partial charge in [-0.05, 0) is 66.8 Å². The molecule has 0 aliphatic heterocycles. The zero-order valence-electron chi connectivity index (χ0n) is 12.6. The number of aliphatic hydroxyl groups is 3. The van der Waals surface area contributed by atoms with Gasteiger partial charge in [0.05, 0.1) is 18.3 Å². The molecule has 21 heavy (non-hydrogen) atoms. The van der Waals surface area contributed by atoms with E-state index in [1.807, 2.05) is 42.5 Å². The number of aliphatic hydroxyl groups excluding tert-OH is 3. The summed E-state index contributed by atoms with van der Waals surface area (Å²) in [6, 6.07) is 13.3. The average Bonchev–Trinajstić information content (AvgIpc) is 2.46. The van der Waals surface area contributed by atoms with E-state index in [9.17, 15) is 15.3 Å². The van der Waals surface area contributed by atoms with E-state index in [0.29, 0.717) is 0 Å². The smallest absolute Gasteiger partial charge is 0.0762 e. The van der Waals surface area contributed by atoms with E-state index in [-0.39, 0.29) is 0 Å². The summed E-state index contributed by atoms with van der Waals surface area (Å²) in [5.74, 6) is 0. The Balaban J connectivity index is 2.54. The van der Waals surface area contributed by atoms with Crippen molar-refractivity contribution in [3.05, 3.63) is 59.2 Å². The van der Waals surface area contributed by atoms with Crippen molar-refractivity contribution < 1.29 is 15.3 Å². The van der Waals surface area contributed by atoms with Crippen molar-refractivity contribution >= 4 is 0 Å². The molecule has 3 unspecified atom stereocenters. The van der Waals surface area contributed by atoms with Crippen LogP contribution >= 0.6 is 0 Å². The molecule has 0 aliphatic carbocycles. The molecule has 0 spiro atoms. The van der Waals surface area contributed by atoms with E-state index in [2.05, 4.69) is 0 Å². The fourth-order valence-corrected chi connectivity index (χ4v) is 2.30. The molecule has 112 valence electrons. The van der Waals surface area contributed by atoms with Crippen molar-refractivity contribution in [3.8, 4) is 11.1 Å². The molecule has 3 nitrogen and oxygen atoms in total. The maximum Gasteiger partial charge on any atom is 0.0762 e. The van der Waals surface area contributed by atoms with E-state index >= 15 is 0 Å². The second-order valence-electron chi connectivity index (χ2n) is 5.54. The van der Waals surface area contributed by atoms with Crippen LogP contribution in [0.25, 0.3) is 11.1 Å². The molecule has 3 atom stereocenters. The van der Waals surface area contributed by atoms with Gasteiger partial charge in [-0.1, -0.05) is 24.3 Å². The number of hydrogen-bond donors (Lipinski definition) is 3. The highest BCUT2D eigenvalue weighted by molar-refractivity contribution is 5.66. The molecule has 0 radical (unpaired) electrons. The summed E-state index contributed by atoms with van der Waals surface area (Å²) in [5.41, 5.74) is 4.26. The Labute approximate surface area is 125 Å². The van der Waals surface area contributed by atoms with Crippen LogP contribution < -0.4 is 0 Å². The minimum atomic E-state index is -0.595. The lowest BCUT2D eigenvalue weighted by molar-refractivity contribution is 0.192. The molecular formula is C18H22O3. The monoisotopic (exact) mass is 286 g/mol. The van der Waals surface area contributed by atoms with Gasteiger partial charge in [-0.25, -0.2) is 0 Å². The van der Waals surface area contributed by atoms with E-state index in [4.69, 9.17) is 0 Å². The van der Waals surface area contributed by atoms with Crippen molar-refractivity contribution in [2.75, 3.05) is 0 Å². The minimum absolute atomic E-state index is 0.527. The Bertz CT molecular complexity index is 589. The topological polar surface area (TPSA) is 60.7 Å². The standard InChI is InChI=1S/C18H22O3/c1-11(19)14-5-4-6-15(7-14)18-9-16(12(2)20)8-17(10-18)13(3)21/h4-13,19-21H,1-3H3. The van der Waals surface area contributed by atoms with E-state index in [0.717, 1.165) is 27.8 Å². The molecule has 0 aliphatic rings. The Hall–Kier alpha value is -1.68. The molecule has 0 bridgehead atoms. The normalized spacial score (nSPS) is 15.5. The van der Waals surface area contributed by atoms with Gasteiger partial charge >= 0.3 is 0 Å². The van der Waals surface area contributed by atoms with Crippen LogP contribution in [0.15, 0.2) is 42.5 Å². The molecule has 2 rings (SSSR count). The summed E-state index contributed by atoms with van der Waals surface area (Å²) in [4.78, 5) is 0. The third kappa shape index (κ3) is 3.70. The van der Waals surface area contributed by atoms with Crippen molar-refractivity contribution in [1.82, 2.24) is 0 Å². The first-order valence-corrected chi connectivity index (χ1v) is 7.18. The maximum atomic E-state index is 9.82. The highest BCUT2D eigenvalue weighted by Crippen LogP contribution is 2.29. The molecule has 3 heteroatoms. The Kier molecular flexibility index (Phi) is 4.78.